The van der Waals surface area contributed by atoms with Crippen molar-refractivity contribution in [1.82, 2.24) is 15.5 Å². The Morgan fingerprint density at radius 2 is 2.00 bits per heavy atom. The standard InChI is InChI=1S/C17H32N4O.HI/c1-13-6-10-21(11-7-13)9-3-8-19-17(18-2)20-15-12-14-4-5-16(15)22-14;/h13-16H,3-12H2,1-2H3,(H2,18,19,20);1H. The Bertz CT molecular complexity index is 385. The first-order valence-electron chi connectivity index (χ1n) is 9.09. The molecule has 3 saturated heterocycles. The van der Waals surface area contributed by atoms with E-state index in [1.165, 1.54) is 51.7 Å². The number of nitrogens with one attached hydrogen (secondary N) is 2. The first kappa shape index (κ1) is 19.2. The summed E-state index contributed by atoms with van der Waals surface area (Å²) in [5, 5.41) is 7.00. The Morgan fingerprint density at radius 1 is 1.22 bits per heavy atom. The number of rotatable bonds is 5. The van der Waals surface area contributed by atoms with Crippen LogP contribution < -0.4 is 10.6 Å². The summed E-state index contributed by atoms with van der Waals surface area (Å²) in [4.78, 5) is 6.95. The number of guanidine groups is 1. The van der Waals surface area contributed by atoms with Crippen molar-refractivity contribution in [3.63, 3.8) is 0 Å². The van der Waals surface area contributed by atoms with Crippen LogP contribution in [0.3, 0.4) is 0 Å². The molecule has 5 nitrogen and oxygen atoms in total. The van der Waals surface area contributed by atoms with Crippen LogP contribution >= 0.6 is 24.0 Å². The molecule has 0 spiro atoms. The zero-order chi connectivity index (χ0) is 15.4. The Morgan fingerprint density at radius 3 is 2.61 bits per heavy atom. The number of hydrogen-bond acceptors (Lipinski definition) is 3. The van der Waals surface area contributed by atoms with Gasteiger partial charge in [0.15, 0.2) is 5.96 Å². The van der Waals surface area contributed by atoms with E-state index in [9.17, 15) is 0 Å². The van der Waals surface area contributed by atoms with Crippen molar-refractivity contribution < 1.29 is 4.74 Å². The molecule has 2 N–H and O–H groups in total. The average Bonchev–Trinajstić information content (AvgIpc) is 3.14. The fourth-order valence-electron chi connectivity index (χ4n) is 3.96. The number of halogens is 1. The maximum absolute atomic E-state index is 5.89. The molecule has 0 amide bonds. The maximum atomic E-state index is 5.89. The third-order valence-corrected chi connectivity index (χ3v) is 5.47. The van der Waals surface area contributed by atoms with E-state index < -0.39 is 0 Å². The Balaban J connectivity index is 0.00000192. The van der Waals surface area contributed by atoms with Gasteiger partial charge < -0.3 is 20.3 Å². The van der Waals surface area contributed by atoms with E-state index in [0.29, 0.717) is 18.2 Å². The van der Waals surface area contributed by atoms with Crippen molar-refractivity contribution in [2.75, 3.05) is 33.2 Å². The second-order valence-electron chi connectivity index (χ2n) is 7.24. The lowest BCUT2D eigenvalue weighted by Gasteiger charge is -2.30. The number of ether oxygens (including phenoxy) is 1. The van der Waals surface area contributed by atoms with Crippen LogP contribution in [-0.2, 0) is 4.74 Å². The van der Waals surface area contributed by atoms with Crippen molar-refractivity contribution in [3.05, 3.63) is 0 Å². The Labute approximate surface area is 158 Å². The van der Waals surface area contributed by atoms with Gasteiger partial charge >= 0.3 is 0 Å². The van der Waals surface area contributed by atoms with Crippen molar-refractivity contribution in [2.24, 2.45) is 10.9 Å². The predicted octanol–water partition coefficient (Wildman–Crippen LogP) is 2.21. The van der Waals surface area contributed by atoms with Crippen LogP contribution in [0.1, 0.15) is 45.4 Å². The third kappa shape index (κ3) is 5.46. The number of likely N-dealkylation sites (tertiary alicyclic amines) is 1. The first-order chi connectivity index (χ1) is 10.7. The van der Waals surface area contributed by atoms with Gasteiger partial charge in [0.25, 0.3) is 0 Å². The lowest BCUT2D eigenvalue weighted by atomic mass is 9.96. The van der Waals surface area contributed by atoms with Gasteiger partial charge in [-0.1, -0.05) is 6.92 Å². The molecule has 3 aliphatic heterocycles. The van der Waals surface area contributed by atoms with E-state index in [1.54, 1.807) is 0 Å². The SMILES string of the molecule is CN=C(NCCCN1CCC(C)CC1)NC1CC2CCC1O2.I. The molecule has 3 heterocycles. The second kappa shape index (κ2) is 9.42. The van der Waals surface area contributed by atoms with Gasteiger partial charge in [0.1, 0.15) is 0 Å². The van der Waals surface area contributed by atoms with Crippen LogP contribution in [0.15, 0.2) is 4.99 Å². The van der Waals surface area contributed by atoms with Gasteiger partial charge in [-0.05, 0) is 64.1 Å². The predicted molar refractivity (Wildman–Crippen MR) is 106 cm³/mol. The first-order valence-corrected chi connectivity index (χ1v) is 9.09. The summed E-state index contributed by atoms with van der Waals surface area (Å²) in [6.07, 6.45) is 8.37. The molecular formula is C17H33IN4O. The molecule has 0 aromatic heterocycles. The maximum Gasteiger partial charge on any atom is 0.191 e. The molecule has 0 saturated carbocycles. The molecule has 134 valence electrons. The summed E-state index contributed by atoms with van der Waals surface area (Å²) in [6.45, 7) is 7.11. The van der Waals surface area contributed by atoms with Crippen molar-refractivity contribution in [2.45, 2.75) is 63.7 Å². The summed E-state index contributed by atoms with van der Waals surface area (Å²) in [5.74, 6) is 1.86. The van der Waals surface area contributed by atoms with Crippen molar-refractivity contribution in [1.29, 1.82) is 0 Å². The monoisotopic (exact) mass is 436 g/mol. The minimum absolute atomic E-state index is 0. The lowest BCUT2D eigenvalue weighted by molar-refractivity contribution is 0.0992. The smallest absolute Gasteiger partial charge is 0.191 e. The third-order valence-electron chi connectivity index (χ3n) is 5.47. The summed E-state index contributed by atoms with van der Waals surface area (Å²) in [6, 6.07) is 0.452. The number of hydrogen-bond donors (Lipinski definition) is 2. The summed E-state index contributed by atoms with van der Waals surface area (Å²) >= 11 is 0. The van der Waals surface area contributed by atoms with E-state index in [0.717, 1.165) is 24.8 Å². The molecule has 6 heteroatoms. The Hall–Kier alpha value is -0.0800. The second-order valence-corrected chi connectivity index (χ2v) is 7.24. The van der Waals surface area contributed by atoms with Gasteiger partial charge in [0, 0.05) is 13.6 Å². The zero-order valence-corrected chi connectivity index (χ0v) is 16.9. The normalized spacial score (nSPS) is 31.9. The van der Waals surface area contributed by atoms with Crippen LogP contribution in [0, 0.1) is 5.92 Å². The van der Waals surface area contributed by atoms with Gasteiger partial charge in [-0.25, -0.2) is 0 Å². The van der Waals surface area contributed by atoms with Crippen LogP contribution in [0.2, 0.25) is 0 Å². The molecule has 3 atom stereocenters. The van der Waals surface area contributed by atoms with E-state index in [4.69, 9.17) is 4.74 Å². The quantitative estimate of drug-likeness (QED) is 0.300. The fraction of sp³-hybridized carbons (Fsp3) is 0.941. The van der Waals surface area contributed by atoms with E-state index >= 15 is 0 Å². The number of aliphatic imine (C=N–C) groups is 1. The largest absolute Gasteiger partial charge is 0.373 e. The highest BCUT2D eigenvalue weighted by molar-refractivity contribution is 14.0. The molecule has 0 radical (unpaired) electrons. The van der Waals surface area contributed by atoms with Crippen LogP contribution in [0.4, 0.5) is 0 Å². The number of piperidine rings is 1. The average molecular weight is 436 g/mol. The van der Waals surface area contributed by atoms with Crippen LogP contribution in [-0.4, -0.2) is 62.3 Å². The molecule has 0 aliphatic carbocycles. The molecule has 3 aliphatic rings. The van der Waals surface area contributed by atoms with E-state index in [2.05, 4.69) is 27.4 Å². The van der Waals surface area contributed by atoms with E-state index in [1.807, 2.05) is 7.05 Å². The minimum atomic E-state index is 0. The Kier molecular flexibility index (Phi) is 7.88. The van der Waals surface area contributed by atoms with Gasteiger partial charge in [0.05, 0.1) is 18.2 Å². The minimum Gasteiger partial charge on any atom is -0.373 e. The van der Waals surface area contributed by atoms with Crippen LogP contribution in [0.5, 0.6) is 0 Å². The number of nitrogens with zero attached hydrogens (tertiary/aromatic N) is 2. The highest BCUT2D eigenvalue weighted by Crippen LogP contribution is 2.34. The number of fused-ring (bicyclic) bond motifs is 2. The summed E-state index contributed by atoms with van der Waals surface area (Å²) in [5.41, 5.74) is 0. The topological polar surface area (TPSA) is 48.9 Å². The van der Waals surface area contributed by atoms with Crippen molar-refractivity contribution in [3.8, 4) is 0 Å². The lowest BCUT2D eigenvalue weighted by Crippen LogP contribution is -2.47. The van der Waals surface area contributed by atoms with Crippen molar-refractivity contribution >= 4 is 29.9 Å². The summed E-state index contributed by atoms with van der Waals surface area (Å²) in [7, 11) is 1.86. The molecule has 3 fully saturated rings. The van der Waals surface area contributed by atoms with Crippen LogP contribution in [0.25, 0.3) is 0 Å². The fourth-order valence-corrected chi connectivity index (χ4v) is 3.96. The highest BCUT2D eigenvalue weighted by atomic mass is 127. The molecule has 2 bridgehead atoms. The van der Waals surface area contributed by atoms with Gasteiger partial charge in [-0.3, -0.25) is 4.99 Å². The molecule has 0 aromatic carbocycles. The molecule has 3 rings (SSSR count). The highest BCUT2D eigenvalue weighted by Gasteiger charge is 2.41. The van der Waals surface area contributed by atoms with Gasteiger partial charge in [0.2, 0.25) is 0 Å². The molecule has 23 heavy (non-hydrogen) atoms. The summed E-state index contributed by atoms with van der Waals surface area (Å²) < 4.78 is 5.89. The van der Waals surface area contributed by atoms with Gasteiger partial charge in [-0.15, -0.1) is 24.0 Å². The molecule has 3 unspecified atom stereocenters. The van der Waals surface area contributed by atoms with E-state index in [-0.39, 0.29) is 24.0 Å². The molecular weight excluding hydrogens is 403 g/mol. The zero-order valence-electron chi connectivity index (χ0n) is 14.6. The molecule has 0 aromatic rings. The van der Waals surface area contributed by atoms with Gasteiger partial charge in [-0.2, -0.15) is 0 Å².